The predicted octanol–water partition coefficient (Wildman–Crippen LogP) is 2.40. The Morgan fingerprint density at radius 1 is 1.28 bits per heavy atom. The smallest absolute Gasteiger partial charge is 0.270 e. The van der Waals surface area contributed by atoms with Crippen molar-refractivity contribution in [3.63, 3.8) is 0 Å². The average molecular weight is 441 g/mol. The van der Waals surface area contributed by atoms with Crippen molar-refractivity contribution in [2.45, 2.75) is 57.5 Å². The van der Waals surface area contributed by atoms with E-state index in [4.69, 9.17) is 0 Å². The maximum Gasteiger partial charge on any atom is 0.270 e. The zero-order valence-corrected chi connectivity index (χ0v) is 18.7. The van der Waals surface area contributed by atoms with Crippen LogP contribution < -0.4 is 10.6 Å². The Morgan fingerprint density at radius 3 is 2.72 bits per heavy atom. The Labute approximate surface area is 188 Å². The van der Waals surface area contributed by atoms with Gasteiger partial charge in [-0.1, -0.05) is 44.4 Å². The van der Waals surface area contributed by atoms with Crippen LogP contribution in [0.1, 0.15) is 55.9 Å². The van der Waals surface area contributed by atoms with Gasteiger partial charge in [0, 0.05) is 30.4 Å². The molecule has 3 atom stereocenters. The number of nitrogens with zero attached hydrogens (tertiary/aromatic N) is 1. The van der Waals surface area contributed by atoms with Gasteiger partial charge in [-0.15, -0.1) is 0 Å². The van der Waals surface area contributed by atoms with Crippen LogP contribution in [0.25, 0.3) is 10.9 Å². The van der Waals surface area contributed by atoms with Gasteiger partial charge in [0.15, 0.2) is 0 Å². The highest BCUT2D eigenvalue weighted by molar-refractivity contribution is 6.00. The number of unbranched alkanes of at least 4 members (excludes halogenated alkanes) is 2. The van der Waals surface area contributed by atoms with Crippen molar-refractivity contribution in [1.82, 2.24) is 20.5 Å². The normalized spacial score (nSPS) is 17.6. The molecule has 3 amide bonds. The number of aromatic nitrogens is 1. The third kappa shape index (κ3) is 5.55. The second kappa shape index (κ2) is 10.9. The van der Waals surface area contributed by atoms with Gasteiger partial charge in [-0.2, -0.15) is 0 Å². The number of rotatable bonds is 11. The molecule has 1 aliphatic rings. The molecule has 1 aromatic heterocycles. The van der Waals surface area contributed by atoms with Crippen molar-refractivity contribution in [1.29, 1.82) is 0 Å². The van der Waals surface area contributed by atoms with Crippen LogP contribution in [0.4, 0.5) is 0 Å². The van der Waals surface area contributed by atoms with Crippen LogP contribution in [0.2, 0.25) is 0 Å². The van der Waals surface area contributed by atoms with Crippen LogP contribution in [0.5, 0.6) is 0 Å². The third-order valence-corrected chi connectivity index (χ3v) is 6.13. The Bertz CT molecular complexity index is 937. The number of hydrogen-bond acceptors (Lipinski definition) is 4. The fourth-order valence-electron chi connectivity index (χ4n) is 4.21. The highest BCUT2D eigenvalue weighted by Crippen LogP contribution is 2.19. The van der Waals surface area contributed by atoms with Gasteiger partial charge >= 0.3 is 0 Å². The number of likely N-dealkylation sites (N-methyl/N-ethyl adjacent to an activating group) is 1. The Hall–Kier alpha value is -3.16. The molecular formula is C24H32N4O4. The first-order chi connectivity index (χ1) is 15.4. The van der Waals surface area contributed by atoms with E-state index in [0.29, 0.717) is 31.4 Å². The summed E-state index contributed by atoms with van der Waals surface area (Å²) < 4.78 is 0. The van der Waals surface area contributed by atoms with Gasteiger partial charge in [-0.05, 0) is 31.4 Å². The summed E-state index contributed by atoms with van der Waals surface area (Å²) in [7, 11) is 1.62. The summed E-state index contributed by atoms with van der Waals surface area (Å²) in [5.41, 5.74) is 1.27. The highest BCUT2D eigenvalue weighted by atomic mass is 16.2. The second-order valence-corrected chi connectivity index (χ2v) is 8.46. The molecule has 1 aliphatic heterocycles. The van der Waals surface area contributed by atoms with Crippen LogP contribution in [-0.2, 0) is 14.4 Å². The standard InChI is InChI=1S/C24H32N4O4/c1-3-4-5-10-21(23(31)26-18(15-29)13-17-11-12-25-22(17)30)28(2)24(32)20-14-16-8-6-7-9-19(16)27-20/h6-9,14-15,17-18,21,27H,3-5,10-13H2,1-2H3,(H,25,30)(H,26,31)/t17-,18-,21-/m0/s1. The molecule has 8 nitrogen and oxygen atoms in total. The fourth-order valence-corrected chi connectivity index (χ4v) is 4.21. The summed E-state index contributed by atoms with van der Waals surface area (Å²) >= 11 is 0. The quantitative estimate of drug-likeness (QED) is 0.368. The van der Waals surface area contributed by atoms with Gasteiger partial charge in [0.05, 0.1) is 6.04 Å². The molecule has 0 bridgehead atoms. The summed E-state index contributed by atoms with van der Waals surface area (Å²) in [5, 5.41) is 6.43. The lowest BCUT2D eigenvalue weighted by atomic mass is 9.98. The van der Waals surface area contributed by atoms with Crippen molar-refractivity contribution in [3.8, 4) is 0 Å². The molecule has 3 rings (SSSR count). The first kappa shape index (κ1) is 23.5. The number of carbonyl (C=O) groups is 4. The minimum Gasteiger partial charge on any atom is -0.356 e. The van der Waals surface area contributed by atoms with Crippen LogP contribution in [0.3, 0.4) is 0 Å². The summed E-state index contributed by atoms with van der Waals surface area (Å²) in [6.07, 6.45) is 4.80. The van der Waals surface area contributed by atoms with E-state index in [0.717, 1.165) is 30.2 Å². The maximum atomic E-state index is 13.2. The second-order valence-electron chi connectivity index (χ2n) is 8.46. The molecule has 172 valence electrons. The molecule has 1 aromatic carbocycles. The van der Waals surface area contributed by atoms with Crippen molar-refractivity contribution in [2.75, 3.05) is 13.6 Å². The van der Waals surface area contributed by atoms with E-state index in [-0.39, 0.29) is 30.1 Å². The van der Waals surface area contributed by atoms with E-state index in [1.807, 2.05) is 24.3 Å². The topological polar surface area (TPSA) is 111 Å². The minimum atomic E-state index is -0.762. The van der Waals surface area contributed by atoms with Gasteiger partial charge < -0.3 is 25.3 Å². The molecular weight excluding hydrogens is 408 g/mol. The molecule has 2 aromatic rings. The van der Waals surface area contributed by atoms with Crippen molar-refractivity contribution in [2.24, 2.45) is 5.92 Å². The average Bonchev–Trinajstić information content (AvgIpc) is 3.41. The number of amides is 3. The van der Waals surface area contributed by atoms with E-state index < -0.39 is 12.1 Å². The van der Waals surface area contributed by atoms with Gasteiger partial charge in [0.2, 0.25) is 11.8 Å². The van der Waals surface area contributed by atoms with E-state index in [2.05, 4.69) is 22.5 Å². The number of hydrogen-bond donors (Lipinski definition) is 3. The third-order valence-electron chi connectivity index (χ3n) is 6.13. The molecule has 0 radical (unpaired) electrons. The number of aldehydes is 1. The molecule has 0 saturated carbocycles. The molecule has 32 heavy (non-hydrogen) atoms. The largest absolute Gasteiger partial charge is 0.356 e. The van der Waals surface area contributed by atoms with Gasteiger partial charge in [0.1, 0.15) is 18.0 Å². The number of carbonyl (C=O) groups excluding carboxylic acids is 4. The van der Waals surface area contributed by atoms with Gasteiger partial charge in [0.25, 0.3) is 5.91 Å². The fraction of sp³-hybridized carbons (Fsp3) is 0.500. The zero-order chi connectivity index (χ0) is 23.1. The predicted molar refractivity (Wildman–Crippen MR) is 122 cm³/mol. The summed E-state index contributed by atoms with van der Waals surface area (Å²) in [6.45, 7) is 2.66. The molecule has 2 heterocycles. The number of aromatic amines is 1. The summed E-state index contributed by atoms with van der Waals surface area (Å²) in [5.74, 6) is -1.02. The molecule has 1 saturated heterocycles. The first-order valence-electron chi connectivity index (χ1n) is 11.3. The lowest BCUT2D eigenvalue weighted by molar-refractivity contribution is -0.129. The lowest BCUT2D eigenvalue weighted by Crippen LogP contribution is -2.51. The van der Waals surface area contributed by atoms with E-state index >= 15 is 0 Å². The molecule has 8 heteroatoms. The molecule has 0 aliphatic carbocycles. The van der Waals surface area contributed by atoms with Crippen LogP contribution in [0, 0.1) is 5.92 Å². The van der Waals surface area contributed by atoms with Crippen molar-refractivity contribution >= 4 is 34.9 Å². The monoisotopic (exact) mass is 440 g/mol. The molecule has 3 N–H and O–H groups in total. The minimum absolute atomic E-state index is 0.0864. The van der Waals surface area contributed by atoms with Crippen molar-refractivity contribution in [3.05, 3.63) is 36.0 Å². The first-order valence-corrected chi connectivity index (χ1v) is 11.3. The Balaban J connectivity index is 1.72. The summed E-state index contributed by atoms with van der Waals surface area (Å²) in [4.78, 5) is 54.3. The zero-order valence-electron chi connectivity index (χ0n) is 18.7. The van der Waals surface area contributed by atoms with E-state index in [1.165, 1.54) is 4.90 Å². The number of para-hydroxylation sites is 1. The van der Waals surface area contributed by atoms with Crippen molar-refractivity contribution < 1.29 is 19.2 Å². The van der Waals surface area contributed by atoms with E-state index in [1.54, 1.807) is 13.1 Å². The Morgan fingerprint density at radius 2 is 2.06 bits per heavy atom. The highest BCUT2D eigenvalue weighted by Gasteiger charge is 2.32. The van der Waals surface area contributed by atoms with Gasteiger partial charge in [-0.25, -0.2) is 0 Å². The SMILES string of the molecule is CCCCC[C@@H](C(=O)N[C@H](C=O)C[C@@H]1CCNC1=O)N(C)C(=O)c1cc2ccccc2[nH]1. The molecule has 1 fully saturated rings. The summed E-state index contributed by atoms with van der Waals surface area (Å²) in [6, 6.07) is 7.92. The molecule has 0 unspecified atom stereocenters. The number of H-pyrrole nitrogens is 1. The number of benzene rings is 1. The van der Waals surface area contributed by atoms with Crippen LogP contribution in [-0.4, -0.2) is 59.6 Å². The van der Waals surface area contributed by atoms with Crippen LogP contribution in [0.15, 0.2) is 30.3 Å². The van der Waals surface area contributed by atoms with E-state index in [9.17, 15) is 19.2 Å². The maximum absolute atomic E-state index is 13.2. The number of nitrogens with one attached hydrogen (secondary N) is 3. The number of fused-ring (bicyclic) bond motifs is 1. The lowest BCUT2D eigenvalue weighted by Gasteiger charge is -2.28. The van der Waals surface area contributed by atoms with Crippen LogP contribution >= 0.6 is 0 Å². The van der Waals surface area contributed by atoms with Gasteiger partial charge in [-0.3, -0.25) is 14.4 Å². The Kier molecular flexibility index (Phi) is 8.03. The molecule has 0 spiro atoms.